The molecular formula is C29H29F4N3O3. The van der Waals surface area contributed by atoms with Crippen molar-refractivity contribution in [2.75, 3.05) is 26.7 Å². The molecule has 0 bridgehead atoms. The number of methoxy groups -OCH3 is 1. The van der Waals surface area contributed by atoms with Crippen molar-refractivity contribution in [2.45, 2.75) is 38.8 Å². The quantitative estimate of drug-likeness (QED) is 0.137. The third-order valence-electron chi connectivity index (χ3n) is 7.42. The van der Waals surface area contributed by atoms with Crippen LogP contribution in [-0.2, 0) is 4.79 Å². The first kappa shape index (κ1) is 28.3. The fourth-order valence-electron chi connectivity index (χ4n) is 5.11. The zero-order valence-electron chi connectivity index (χ0n) is 21.7. The SMILES string of the molecule is COc1ccc2ncc(C)c(C(F)CCC3(C(=O)NO)CCN(CC#Cc4cc(F)c(F)c(F)c4)CC3)c2c1. The van der Waals surface area contributed by atoms with Crippen molar-refractivity contribution in [2.24, 2.45) is 5.41 Å². The average Bonchev–Trinajstić information content (AvgIpc) is 2.94. The number of nitrogens with zero attached hydrogens (tertiary/aromatic N) is 2. The van der Waals surface area contributed by atoms with E-state index in [9.17, 15) is 23.2 Å². The van der Waals surface area contributed by atoms with Gasteiger partial charge in [0, 0.05) is 30.2 Å². The largest absolute Gasteiger partial charge is 0.497 e. The highest BCUT2D eigenvalue weighted by Crippen LogP contribution is 2.41. The molecule has 3 aromatic rings. The van der Waals surface area contributed by atoms with Gasteiger partial charge < -0.3 is 4.74 Å². The Morgan fingerprint density at radius 1 is 1.21 bits per heavy atom. The van der Waals surface area contributed by atoms with Gasteiger partial charge in [-0.2, -0.15) is 0 Å². The molecule has 2 aromatic carbocycles. The van der Waals surface area contributed by atoms with Gasteiger partial charge in [-0.05, 0) is 74.1 Å². The Morgan fingerprint density at radius 2 is 1.90 bits per heavy atom. The second kappa shape index (κ2) is 12.0. The van der Waals surface area contributed by atoms with Gasteiger partial charge in [-0.3, -0.25) is 19.9 Å². The van der Waals surface area contributed by atoms with E-state index in [1.54, 1.807) is 36.8 Å². The molecule has 206 valence electrons. The van der Waals surface area contributed by atoms with E-state index in [-0.39, 0.29) is 24.9 Å². The number of nitrogens with one attached hydrogen (secondary N) is 1. The number of ether oxygens (including phenoxy) is 1. The van der Waals surface area contributed by atoms with Crippen LogP contribution in [0.2, 0.25) is 0 Å². The molecule has 1 aliphatic rings. The highest BCUT2D eigenvalue weighted by Gasteiger charge is 2.41. The Bertz CT molecular complexity index is 1410. The zero-order chi connectivity index (χ0) is 28.2. The number of aromatic nitrogens is 1. The number of rotatable bonds is 7. The van der Waals surface area contributed by atoms with Crippen LogP contribution in [-0.4, -0.2) is 47.7 Å². The summed E-state index contributed by atoms with van der Waals surface area (Å²) in [5.74, 6) is 1.30. The molecule has 2 N–H and O–H groups in total. The molecule has 0 saturated carbocycles. The molecule has 2 heterocycles. The van der Waals surface area contributed by atoms with Crippen LogP contribution < -0.4 is 10.2 Å². The molecule has 1 atom stereocenters. The maximum Gasteiger partial charge on any atom is 0.249 e. The van der Waals surface area contributed by atoms with Crippen LogP contribution in [0.1, 0.15) is 48.5 Å². The summed E-state index contributed by atoms with van der Waals surface area (Å²) in [6.45, 7) is 2.94. The van der Waals surface area contributed by atoms with Crippen molar-refractivity contribution >= 4 is 16.8 Å². The Labute approximate surface area is 223 Å². The molecule has 1 saturated heterocycles. The number of pyridine rings is 1. The molecule has 1 aromatic heterocycles. The van der Waals surface area contributed by atoms with Gasteiger partial charge in [0.2, 0.25) is 5.91 Å². The highest BCUT2D eigenvalue weighted by molar-refractivity contribution is 5.85. The molecule has 1 aliphatic heterocycles. The molecule has 10 heteroatoms. The summed E-state index contributed by atoms with van der Waals surface area (Å²) in [5.41, 5.74) is 2.63. The van der Waals surface area contributed by atoms with Gasteiger partial charge in [0.1, 0.15) is 11.9 Å². The number of amides is 1. The molecule has 0 radical (unpaired) electrons. The number of carbonyl (C=O) groups excluding carboxylic acids is 1. The van der Waals surface area contributed by atoms with E-state index in [0.29, 0.717) is 53.7 Å². The second-order valence-corrected chi connectivity index (χ2v) is 9.80. The molecular weight excluding hydrogens is 514 g/mol. The summed E-state index contributed by atoms with van der Waals surface area (Å²) >= 11 is 0. The fourth-order valence-corrected chi connectivity index (χ4v) is 5.11. The summed E-state index contributed by atoms with van der Waals surface area (Å²) < 4.78 is 61.0. The van der Waals surface area contributed by atoms with Crippen molar-refractivity contribution in [3.05, 3.63) is 70.7 Å². The lowest BCUT2D eigenvalue weighted by molar-refractivity contribution is -0.143. The third-order valence-corrected chi connectivity index (χ3v) is 7.42. The Morgan fingerprint density at radius 3 is 2.54 bits per heavy atom. The number of alkyl halides is 1. The number of hydrogen-bond acceptors (Lipinski definition) is 5. The Balaban J connectivity index is 1.44. The van der Waals surface area contributed by atoms with E-state index in [0.717, 1.165) is 12.1 Å². The minimum absolute atomic E-state index is 0.0166. The van der Waals surface area contributed by atoms with Crippen LogP contribution >= 0.6 is 0 Å². The van der Waals surface area contributed by atoms with Crippen molar-refractivity contribution in [1.29, 1.82) is 0 Å². The second-order valence-electron chi connectivity index (χ2n) is 9.80. The van der Waals surface area contributed by atoms with Crippen LogP contribution in [0.15, 0.2) is 36.5 Å². The van der Waals surface area contributed by atoms with Crippen molar-refractivity contribution in [3.8, 4) is 17.6 Å². The van der Waals surface area contributed by atoms with Gasteiger partial charge in [0.15, 0.2) is 17.5 Å². The van der Waals surface area contributed by atoms with E-state index < -0.39 is 34.9 Å². The number of aryl methyl sites for hydroxylation is 1. The maximum absolute atomic E-state index is 15.8. The average molecular weight is 544 g/mol. The molecule has 6 nitrogen and oxygen atoms in total. The molecule has 1 amide bonds. The molecule has 1 fully saturated rings. The van der Waals surface area contributed by atoms with Gasteiger partial charge >= 0.3 is 0 Å². The van der Waals surface area contributed by atoms with Crippen LogP contribution in [0.4, 0.5) is 17.6 Å². The summed E-state index contributed by atoms with van der Waals surface area (Å²) in [6, 6.07) is 6.94. The first-order valence-corrected chi connectivity index (χ1v) is 12.5. The van der Waals surface area contributed by atoms with Gasteiger partial charge in [0.25, 0.3) is 0 Å². The summed E-state index contributed by atoms with van der Waals surface area (Å²) in [5, 5.41) is 10.1. The van der Waals surface area contributed by atoms with Crippen LogP contribution in [0, 0.1) is 41.6 Å². The molecule has 0 aliphatic carbocycles. The summed E-state index contributed by atoms with van der Waals surface area (Å²) in [7, 11) is 1.54. The molecule has 4 rings (SSSR count). The minimum atomic E-state index is -1.54. The number of likely N-dealkylation sites (tertiary alicyclic amines) is 1. The number of hydrogen-bond donors (Lipinski definition) is 2. The highest BCUT2D eigenvalue weighted by atomic mass is 19.2. The Hall–Kier alpha value is -3.68. The number of piperidine rings is 1. The number of hydroxylamine groups is 1. The standard InChI is InChI=1S/C29H29F4N3O3/c1-18-17-34-25-6-5-20(39-2)16-21(25)26(18)22(30)7-8-29(28(37)35-38)9-12-36(13-10-29)11-3-4-19-14-23(31)27(33)24(32)15-19/h5-6,14-17,22,38H,7-13H2,1-2H3,(H,35,37). The van der Waals surface area contributed by atoms with Gasteiger partial charge in [-0.1, -0.05) is 11.8 Å². The molecule has 1 unspecified atom stereocenters. The lowest BCUT2D eigenvalue weighted by Gasteiger charge is -2.40. The maximum atomic E-state index is 15.8. The lowest BCUT2D eigenvalue weighted by atomic mass is 9.73. The summed E-state index contributed by atoms with van der Waals surface area (Å²) in [6.07, 6.45) is 1.25. The molecule has 39 heavy (non-hydrogen) atoms. The number of fused-ring (bicyclic) bond motifs is 1. The minimum Gasteiger partial charge on any atom is -0.497 e. The van der Waals surface area contributed by atoms with Gasteiger partial charge in [-0.15, -0.1) is 0 Å². The van der Waals surface area contributed by atoms with Gasteiger partial charge in [-0.25, -0.2) is 23.0 Å². The van der Waals surface area contributed by atoms with Crippen molar-refractivity contribution in [3.63, 3.8) is 0 Å². The third kappa shape index (κ3) is 6.15. The Kier molecular flexibility index (Phi) is 8.73. The van der Waals surface area contributed by atoms with E-state index in [4.69, 9.17) is 4.74 Å². The predicted molar refractivity (Wildman–Crippen MR) is 137 cm³/mol. The smallest absolute Gasteiger partial charge is 0.249 e. The van der Waals surface area contributed by atoms with Crippen molar-refractivity contribution in [1.82, 2.24) is 15.4 Å². The molecule has 0 spiro atoms. The van der Waals surface area contributed by atoms with Crippen LogP contribution in [0.25, 0.3) is 10.9 Å². The van der Waals surface area contributed by atoms with E-state index >= 15 is 4.39 Å². The van der Waals surface area contributed by atoms with Crippen LogP contribution in [0.3, 0.4) is 0 Å². The zero-order valence-corrected chi connectivity index (χ0v) is 21.7. The van der Waals surface area contributed by atoms with Gasteiger partial charge in [0.05, 0.1) is 24.6 Å². The topological polar surface area (TPSA) is 74.7 Å². The first-order chi connectivity index (χ1) is 18.7. The van der Waals surface area contributed by atoms with Crippen LogP contribution in [0.5, 0.6) is 5.75 Å². The monoisotopic (exact) mass is 543 g/mol. The van der Waals surface area contributed by atoms with E-state index in [1.165, 1.54) is 7.11 Å². The fraction of sp³-hybridized carbons (Fsp3) is 0.379. The predicted octanol–water partition coefficient (Wildman–Crippen LogP) is 5.40. The normalized spacial score (nSPS) is 15.9. The number of benzene rings is 2. The summed E-state index contributed by atoms with van der Waals surface area (Å²) in [4.78, 5) is 19.1. The number of carbonyl (C=O) groups is 1. The lowest BCUT2D eigenvalue weighted by Crippen LogP contribution is -2.48. The van der Waals surface area contributed by atoms with Crippen molar-refractivity contribution < 1.29 is 32.3 Å². The first-order valence-electron chi connectivity index (χ1n) is 12.5. The number of halogens is 4. The van der Waals surface area contributed by atoms with E-state index in [1.807, 2.05) is 4.90 Å². The van der Waals surface area contributed by atoms with E-state index in [2.05, 4.69) is 16.8 Å².